The van der Waals surface area contributed by atoms with E-state index in [-0.39, 0.29) is 5.54 Å². The Morgan fingerprint density at radius 3 is 2.93 bits per heavy atom. The molecule has 1 aliphatic rings. The van der Waals surface area contributed by atoms with E-state index >= 15 is 0 Å². The average Bonchev–Trinajstić information content (AvgIpc) is 3.31. The summed E-state index contributed by atoms with van der Waals surface area (Å²) in [7, 11) is -1.29. The van der Waals surface area contributed by atoms with Crippen molar-refractivity contribution in [1.82, 2.24) is 29.0 Å². The molecule has 0 saturated carbocycles. The van der Waals surface area contributed by atoms with Crippen molar-refractivity contribution in [2.45, 2.75) is 31.7 Å². The number of aromatic nitrogens is 5. The van der Waals surface area contributed by atoms with Gasteiger partial charge in [0.05, 0.1) is 24.4 Å². The predicted molar refractivity (Wildman–Crippen MR) is 116 cm³/mol. The first-order chi connectivity index (χ1) is 13.5. The van der Waals surface area contributed by atoms with Crippen LogP contribution in [-0.2, 0) is 5.54 Å². The van der Waals surface area contributed by atoms with Crippen molar-refractivity contribution in [3.05, 3.63) is 31.0 Å². The molecule has 1 saturated heterocycles. The van der Waals surface area contributed by atoms with Gasteiger partial charge in [-0.25, -0.2) is 9.97 Å². The van der Waals surface area contributed by atoms with Gasteiger partial charge in [-0.2, -0.15) is 19.8 Å². The molecule has 0 spiro atoms. The summed E-state index contributed by atoms with van der Waals surface area (Å²) in [5.74, 6) is 9.82. The Hall–Kier alpha value is -2.63. The monoisotopic (exact) mass is 395 g/mol. The lowest BCUT2D eigenvalue weighted by Crippen LogP contribution is -2.61. The van der Waals surface area contributed by atoms with Gasteiger partial charge in [-0.3, -0.25) is 8.99 Å². The number of unbranched alkanes of at least 4 members (excludes halogenated alkanes) is 1. The van der Waals surface area contributed by atoms with Crippen molar-refractivity contribution in [3.63, 3.8) is 0 Å². The summed E-state index contributed by atoms with van der Waals surface area (Å²) in [5, 5.41) is 15.0. The molecule has 4 heterocycles. The van der Waals surface area contributed by atoms with Crippen LogP contribution >= 0.6 is 9.39 Å². The Morgan fingerprint density at radius 1 is 1.36 bits per heavy atom. The molecule has 7 nitrogen and oxygen atoms in total. The number of hydrogen-bond donors (Lipinski definition) is 1. The third-order valence-corrected chi connectivity index (χ3v) is 7.87. The van der Waals surface area contributed by atoms with Crippen LogP contribution in [-0.4, -0.2) is 59.6 Å². The third-order valence-electron chi connectivity index (χ3n) is 5.47. The predicted octanol–water partition coefficient (Wildman–Crippen LogP) is 3.13. The Morgan fingerprint density at radius 2 is 2.18 bits per heavy atom. The van der Waals surface area contributed by atoms with E-state index in [1.54, 1.807) is 6.33 Å². The molecule has 0 aliphatic carbocycles. The molecule has 0 aromatic carbocycles. The van der Waals surface area contributed by atoms with Crippen molar-refractivity contribution in [1.29, 1.82) is 5.26 Å². The summed E-state index contributed by atoms with van der Waals surface area (Å²) in [6.07, 6.45) is 9.93. The number of nitriles is 1. The van der Waals surface area contributed by atoms with Gasteiger partial charge in [0.2, 0.25) is 0 Å². The van der Waals surface area contributed by atoms with Gasteiger partial charge in [0.25, 0.3) is 0 Å². The van der Waals surface area contributed by atoms with Crippen LogP contribution in [0.3, 0.4) is 0 Å². The molecule has 0 bridgehead atoms. The van der Waals surface area contributed by atoms with Gasteiger partial charge in [0.15, 0.2) is 0 Å². The van der Waals surface area contributed by atoms with Crippen LogP contribution in [0.1, 0.15) is 26.2 Å². The normalized spacial score (nSPS) is 16.7. The van der Waals surface area contributed by atoms with Crippen molar-refractivity contribution in [3.8, 4) is 17.3 Å². The van der Waals surface area contributed by atoms with Crippen LogP contribution in [0.4, 0.5) is 0 Å². The molecule has 8 heteroatoms. The van der Waals surface area contributed by atoms with E-state index in [2.05, 4.69) is 49.1 Å². The Bertz CT molecular complexity index is 1130. The molecule has 4 rings (SSSR count). The van der Waals surface area contributed by atoms with E-state index in [4.69, 9.17) is 0 Å². The van der Waals surface area contributed by atoms with Crippen molar-refractivity contribution in [2.24, 2.45) is 0 Å². The second-order valence-corrected chi connectivity index (χ2v) is 10.5. The summed E-state index contributed by atoms with van der Waals surface area (Å²) in [5.41, 5.74) is 2.25. The quantitative estimate of drug-likeness (QED) is 0.621. The zero-order valence-electron chi connectivity index (χ0n) is 16.1. The van der Waals surface area contributed by atoms with Crippen LogP contribution < -0.4 is 0 Å². The van der Waals surface area contributed by atoms with Crippen LogP contribution in [0.25, 0.3) is 22.3 Å². The van der Waals surface area contributed by atoms with Gasteiger partial charge in [-0.05, 0) is 18.2 Å². The molecule has 0 radical (unpaired) electrons. The summed E-state index contributed by atoms with van der Waals surface area (Å²) < 4.78 is 4.29. The van der Waals surface area contributed by atoms with Gasteiger partial charge < -0.3 is 4.98 Å². The average molecular weight is 396 g/mol. The first-order valence-corrected chi connectivity index (χ1v) is 11.5. The maximum absolute atomic E-state index is 9.44. The highest BCUT2D eigenvalue weighted by Gasteiger charge is 2.46. The van der Waals surface area contributed by atoms with Crippen LogP contribution in [0.15, 0.2) is 31.0 Å². The number of nitrogens with one attached hydrogen (secondary N) is 1. The van der Waals surface area contributed by atoms with E-state index in [0.29, 0.717) is 6.42 Å². The molecule has 0 atom stereocenters. The number of rotatable bonds is 7. The molecule has 1 aliphatic heterocycles. The molecule has 1 N–H and O–H groups in total. The summed E-state index contributed by atoms with van der Waals surface area (Å²) in [4.78, 5) is 11.8. The van der Waals surface area contributed by atoms with Gasteiger partial charge in [0, 0.05) is 36.4 Å². The molecular formula is C20H25N7S. The SMILES string of the molecule is C=S(=C)(CCCC)N1CC(CC#N)(n2cc(-c3ncnc4[nH]ccc34)cn2)C1. The summed E-state index contributed by atoms with van der Waals surface area (Å²) >= 11 is 0. The van der Waals surface area contributed by atoms with Crippen LogP contribution in [0.5, 0.6) is 0 Å². The minimum Gasteiger partial charge on any atom is -0.346 e. The molecular weight excluding hydrogens is 370 g/mol. The molecule has 0 amide bonds. The topological polar surface area (TPSA) is 86.4 Å². The largest absolute Gasteiger partial charge is 0.346 e. The second kappa shape index (κ2) is 7.08. The van der Waals surface area contributed by atoms with E-state index in [9.17, 15) is 5.26 Å². The lowest BCUT2D eigenvalue weighted by Gasteiger charge is -2.52. The number of H-pyrrole nitrogens is 1. The van der Waals surface area contributed by atoms with Gasteiger partial charge >= 0.3 is 0 Å². The highest BCUT2D eigenvalue weighted by molar-refractivity contribution is 8.25. The smallest absolute Gasteiger partial charge is 0.141 e. The van der Waals surface area contributed by atoms with Crippen LogP contribution in [0, 0.1) is 11.3 Å². The number of fused-ring (bicyclic) bond motifs is 1. The number of hydrogen-bond acceptors (Lipinski definition) is 5. The summed E-state index contributed by atoms with van der Waals surface area (Å²) in [6, 6.07) is 4.32. The Balaban J connectivity index is 1.61. The maximum Gasteiger partial charge on any atom is 0.141 e. The van der Waals surface area contributed by atoms with Crippen molar-refractivity contribution >= 4 is 32.2 Å². The van der Waals surface area contributed by atoms with Crippen molar-refractivity contribution in [2.75, 3.05) is 18.8 Å². The molecule has 3 aromatic heterocycles. The lowest BCUT2D eigenvalue weighted by atomic mass is 9.89. The minimum absolute atomic E-state index is 0.322. The molecule has 28 heavy (non-hydrogen) atoms. The van der Waals surface area contributed by atoms with E-state index < -0.39 is 9.39 Å². The zero-order chi connectivity index (χ0) is 19.8. The first kappa shape index (κ1) is 18.7. The van der Waals surface area contributed by atoms with E-state index in [1.165, 1.54) is 0 Å². The molecule has 0 unspecified atom stereocenters. The van der Waals surface area contributed by atoms with E-state index in [0.717, 1.165) is 54.0 Å². The Labute approximate surface area is 165 Å². The highest BCUT2D eigenvalue weighted by atomic mass is 32.2. The maximum atomic E-state index is 9.44. The highest BCUT2D eigenvalue weighted by Crippen LogP contribution is 2.42. The molecule has 1 fully saturated rings. The molecule has 3 aromatic rings. The fourth-order valence-electron chi connectivity index (χ4n) is 3.72. The van der Waals surface area contributed by atoms with E-state index in [1.807, 2.05) is 29.3 Å². The van der Waals surface area contributed by atoms with Crippen molar-refractivity contribution < 1.29 is 0 Å². The zero-order valence-corrected chi connectivity index (χ0v) is 17.0. The van der Waals surface area contributed by atoms with Crippen LogP contribution in [0.2, 0.25) is 0 Å². The number of aromatic amines is 1. The lowest BCUT2D eigenvalue weighted by molar-refractivity contribution is 0.0802. The third kappa shape index (κ3) is 3.11. The summed E-state index contributed by atoms with van der Waals surface area (Å²) in [6.45, 7) is 3.71. The number of nitrogens with zero attached hydrogens (tertiary/aromatic N) is 6. The first-order valence-electron chi connectivity index (χ1n) is 9.42. The fourth-order valence-corrected chi connectivity index (χ4v) is 5.83. The standard InChI is InChI=1S/C20H25N7S/c1-4-5-10-28(2,3)26-13-20(14-26,7-8-21)27-12-16(11-25-27)18-17-6-9-22-19(17)24-15-23-18/h6,9,11-12,15H,2-5,7,10,13-14H2,1H3,(H,22,23,24). The Kier molecular flexibility index (Phi) is 4.73. The fraction of sp³-hybridized carbons (Fsp3) is 0.400. The minimum atomic E-state index is -1.29. The van der Waals surface area contributed by atoms with Gasteiger partial charge in [-0.15, -0.1) is 0 Å². The second-order valence-electron chi connectivity index (χ2n) is 7.55. The molecule has 146 valence electrons. The van der Waals surface area contributed by atoms with Gasteiger partial charge in [0.1, 0.15) is 17.5 Å². The van der Waals surface area contributed by atoms with Gasteiger partial charge in [-0.1, -0.05) is 25.1 Å².